The molecule has 2 N–H and O–H groups in total. The first-order chi connectivity index (χ1) is 5.53. The molecule has 0 saturated carbocycles. The molecule has 0 radical (unpaired) electrons. The van der Waals surface area contributed by atoms with Gasteiger partial charge in [-0.1, -0.05) is 0 Å². The molecule has 5 heteroatoms. The molecule has 1 aliphatic heterocycles. The first-order valence-corrected chi connectivity index (χ1v) is 6.21. The maximum atomic E-state index is 10.8. The van der Waals surface area contributed by atoms with E-state index in [1.807, 2.05) is 0 Å². The standard InChI is InChI=1S/C7H16N2O2S/c1-12(10,11)5-4-9-3-2-7(9)6-8/h7H,2-6,8H2,1H3. The van der Waals surface area contributed by atoms with Gasteiger partial charge in [0.1, 0.15) is 9.84 Å². The summed E-state index contributed by atoms with van der Waals surface area (Å²) in [6.07, 6.45) is 2.38. The number of hydrogen-bond donors (Lipinski definition) is 1. The zero-order chi connectivity index (χ0) is 9.19. The minimum absolute atomic E-state index is 0.253. The monoisotopic (exact) mass is 192 g/mol. The number of hydrogen-bond acceptors (Lipinski definition) is 4. The predicted molar refractivity (Wildman–Crippen MR) is 48.7 cm³/mol. The highest BCUT2D eigenvalue weighted by Crippen LogP contribution is 2.14. The van der Waals surface area contributed by atoms with Crippen LogP contribution in [0.15, 0.2) is 0 Å². The molecule has 1 saturated heterocycles. The summed E-state index contributed by atoms with van der Waals surface area (Å²) in [7, 11) is -2.81. The van der Waals surface area contributed by atoms with Crippen LogP contribution in [-0.4, -0.2) is 51.0 Å². The molecule has 1 unspecified atom stereocenters. The molecule has 1 rings (SSSR count). The summed E-state index contributed by atoms with van der Waals surface area (Å²) in [5.41, 5.74) is 5.47. The third-order valence-electron chi connectivity index (χ3n) is 2.29. The van der Waals surface area contributed by atoms with Crippen LogP contribution in [0, 0.1) is 0 Å². The maximum absolute atomic E-state index is 10.8. The van der Waals surface area contributed by atoms with Crippen molar-refractivity contribution >= 4 is 9.84 Å². The summed E-state index contributed by atoms with van der Waals surface area (Å²) >= 11 is 0. The number of likely N-dealkylation sites (tertiary alicyclic amines) is 1. The zero-order valence-electron chi connectivity index (χ0n) is 7.36. The second kappa shape index (κ2) is 3.72. The van der Waals surface area contributed by atoms with Gasteiger partial charge < -0.3 is 5.73 Å². The normalized spacial score (nSPS) is 25.3. The molecule has 0 aliphatic carbocycles. The SMILES string of the molecule is CS(=O)(=O)CCN1CCC1CN. The van der Waals surface area contributed by atoms with Crippen molar-refractivity contribution in [2.75, 3.05) is 31.6 Å². The van der Waals surface area contributed by atoms with Crippen LogP contribution in [0.2, 0.25) is 0 Å². The lowest BCUT2D eigenvalue weighted by Gasteiger charge is -2.40. The van der Waals surface area contributed by atoms with Crippen LogP contribution in [0.25, 0.3) is 0 Å². The van der Waals surface area contributed by atoms with Crippen LogP contribution in [0.3, 0.4) is 0 Å². The minimum atomic E-state index is -2.81. The van der Waals surface area contributed by atoms with E-state index in [1.54, 1.807) is 0 Å². The Morgan fingerprint density at radius 1 is 1.58 bits per heavy atom. The topological polar surface area (TPSA) is 63.4 Å². The molecule has 1 aliphatic rings. The fourth-order valence-corrected chi connectivity index (χ4v) is 1.90. The first-order valence-electron chi connectivity index (χ1n) is 4.15. The van der Waals surface area contributed by atoms with E-state index >= 15 is 0 Å². The average Bonchev–Trinajstić information content (AvgIpc) is 1.83. The number of nitrogens with zero attached hydrogens (tertiary/aromatic N) is 1. The van der Waals surface area contributed by atoms with E-state index in [-0.39, 0.29) is 5.75 Å². The lowest BCUT2D eigenvalue weighted by Crippen LogP contribution is -2.52. The Bertz CT molecular complexity index is 236. The summed E-state index contributed by atoms with van der Waals surface area (Å²) in [6, 6.07) is 0.423. The summed E-state index contributed by atoms with van der Waals surface area (Å²) < 4.78 is 21.6. The van der Waals surface area contributed by atoms with Crippen LogP contribution in [0.5, 0.6) is 0 Å². The Labute approximate surface area is 73.6 Å². The molecule has 1 atom stereocenters. The fourth-order valence-electron chi connectivity index (χ4n) is 1.34. The lowest BCUT2D eigenvalue weighted by atomic mass is 10.0. The molecule has 12 heavy (non-hydrogen) atoms. The Balaban J connectivity index is 2.25. The molecule has 0 amide bonds. The van der Waals surface area contributed by atoms with Gasteiger partial charge in [0.15, 0.2) is 0 Å². The predicted octanol–water partition coefficient (Wildman–Crippen LogP) is -0.936. The van der Waals surface area contributed by atoms with E-state index < -0.39 is 9.84 Å². The molecular weight excluding hydrogens is 176 g/mol. The maximum Gasteiger partial charge on any atom is 0.148 e. The Hall–Kier alpha value is -0.130. The smallest absolute Gasteiger partial charge is 0.148 e. The van der Waals surface area contributed by atoms with Crippen LogP contribution >= 0.6 is 0 Å². The molecule has 1 fully saturated rings. The Morgan fingerprint density at radius 3 is 2.58 bits per heavy atom. The Kier molecular flexibility index (Phi) is 3.09. The summed E-state index contributed by atoms with van der Waals surface area (Å²) in [6.45, 7) is 2.28. The molecule has 72 valence electrons. The van der Waals surface area contributed by atoms with E-state index in [2.05, 4.69) is 4.90 Å². The van der Waals surface area contributed by atoms with Crippen molar-refractivity contribution < 1.29 is 8.42 Å². The van der Waals surface area contributed by atoms with Gasteiger partial charge in [-0.25, -0.2) is 8.42 Å². The van der Waals surface area contributed by atoms with Gasteiger partial charge in [-0.3, -0.25) is 4.90 Å². The van der Waals surface area contributed by atoms with Crippen LogP contribution in [-0.2, 0) is 9.84 Å². The molecule has 0 aromatic rings. The molecule has 0 bridgehead atoms. The van der Waals surface area contributed by atoms with E-state index in [1.165, 1.54) is 6.26 Å². The van der Waals surface area contributed by atoms with Gasteiger partial charge >= 0.3 is 0 Å². The quantitative estimate of drug-likeness (QED) is 0.624. The van der Waals surface area contributed by atoms with Crippen LogP contribution < -0.4 is 5.73 Å². The molecular formula is C7H16N2O2S. The molecule has 0 aromatic carbocycles. The third-order valence-corrected chi connectivity index (χ3v) is 3.21. The molecule has 4 nitrogen and oxygen atoms in total. The van der Waals surface area contributed by atoms with Gasteiger partial charge in [0, 0.05) is 31.9 Å². The number of rotatable bonds is 4. The van der Waals surface area contributed by atoms with Crippen molar-refractivity contribution in [1.29, 1.82) is 0 Å². The first kappa shape index (κ1) is 9.95. The molecule has 0 spiro atoms. The van der Waals surface area contributed by atoms with Crippen LogP contribution in [0.4, 0.5) is 0 Å². The average molecular weight is 192 g/mol. The molecule has 0 aromatic heterocycles. The zero-order valence-corrected chi connectivity index (χ0v) is 8.18. The highest BCUT2D eigenvalue weighted by atomic mass is 32.2. The van der Waals surface area contributed by atoms with Crippen molar-refractivity contribution in [3.8, 4) is 0 Å². The summed E-state index contributed by atoms with van der Waals surface area (Å²) in [4.78, 5) is 2.13. The number of sulfone groups is 1. The van der Waals surface area contributed by atoms with Crippen molar-refractivity contribution in [3.63, 3.8) is 0 Å². The number of nitrogens with two attached hydrogens (primary N) is 1. The fraction of sp³-hybridized carbons (Fsp3) is 1.00. The van der Waals surface area contributed by atoms with E-state index in [0.29, 0.717) is 19.1 Å². The van der Waals surface area contributed by atoms with Gasteiger partial charge in [-0.2, -0.15) is 0 Å². The minimum Gasteiger partial charge on any atom is -0.329 e. The second-order valence-electron chi connectivity index (χ2n) is 3.34. The summed E-state index contributed by atoms with van der Waals surface area (Å²) in [5.74, 6) is 0.253. The Morgan fingerprint density at radius 2 is 2.25 bits per heavy atom. The lowest BCUT2D eigenvalue weighted by molar-refractivity contribution is 0.105. The van der Waals surface area contributed by atoms with E-state index in [9.17, 15) is 8.42 Å². The van der Waals surface area contributed by atoms with Gasteiger partial charge in [0.05, 0.1) is 5.75 Å². The van der Waals surface area contributed by atoms with Crippen molar-refractivity contribution in [2.45, 2.75) is 12.5 Å². The van der Waals surface area contributed by atoms with E-state index in [4.69, 9.17) is 5.73 Å². The van der Waals surface area contributed by atoms with Gasteiger partial charge in [-0.15, -0.1) is 0 Å². The van der Waals surface area contributed by atoms with E-state index in [0.717, 1.165) is 13.0 Å². The van der Waals surface area contributed by atoms with Gasteiger partial charge in [0.25, 0.3) is 0 Å². The largest absolute Gasteiger partial charge is 0.329 e. The second-order valence-corrected chi connectivity index (χ2v) is 5.60. The highest BCUT2D eigenvalue weighted by Gasteiger charge is 2.26. The van der Waals surface area contributed by atoms with Crippen molar-refractivity contribution in [3.05, 3.63) is 0 Å². The van der Waals surface area contributed by atoms with Gasteiger partial charge in [-0.05, 0) is 6.42 Å². The van der Waals surface area contributed by atoms with Gasteiger partial charge in [0.2, 0.25) is 0 Å². The third kappa shape index (κ3) is 2.73. The van der Waals surface area contributed by atoms with Crippen molar-refractivity contribution in [2.24, 2.45) is 5.73 Å². The van der Waals surface area contributed by atoms with Crippen molar-refractivity contribution in [1.82, 2.24) is 4.90 Å². The molecule has 1 heterocycles. The van der Waals surface area contributed by atoms with Crippen LogP contribution in [0.1, 0.15) is 6.42 Å². The summed E-state index contributed by atoms with van der Waals surface area (Å²) in [5, 5.41) is 0. The highest BCUT2D eigenvalue weighted by molar-refractivity contribution is 7.90.